The van der Waals surface area contributed by atoms with E-state index in [0.717, 1.165) is 24.2 Å². The number of benzene rings is 1. The summed E-state index contributed by atoms with van der Waals surface area (Å²) in [4.78, 5) is 12.1. The van der Waals surface area contributed by atoms with Crippen LogP contribution in [0.5, 0.6) is 5.88 Å². The number of anilines is 1. The van der Waals surface area contributed by atoms with E-state index < -0.39 is 45.9 Å². The van der Waals surface area contributed by atoms with Gasteiger partial charge in [-0.2, -0.15) is 0 Å². The number of halogens is 3. The first-order valence-corrected chi connectivity index (χ1v) is 18.9. The minimum absolute atomic E-state index is 0.0200. The molecular weight excluding hydrogens is 634 g/mol. The molecule has 1 aromatic carbocycles. The van der Waals surface area contributed by atoms with Crippen molar-refractivity contribution in [3.63, 3.8) is 0 Å². The van der Waals surface area contributed by atoms with Gasteiger partial charge in [0.1, 0.15) is 30.4 Å². The highest BCUT2D eigenvalue weighted by molar-refractivity contribution is 7.92. The lowest BCUT2D eigenvalue weighted by atomic mass is 10.1. The molecule has 17 heteroatoms. The maximum atomic E-state index is 15.7. The van der Waals surface area contributed by atoms with Crippen LogP contribution < -0.4 is 9.46 Å². The molecule has 44 heavy (non-hydrogen) atoms. The van der Waals surface area contributed by atoms with E-state index in [9.17, 15) is 8.42 Å². The van der Waals surface area contributed by atoms with Gasteiger partial charge in [0.15, 0.2) is 16.5 Å². The Hall–Kier alpha value is -3.99. The van der Waals surface area contributed by atoms with Crippen molar-refractivity contribution in [1.82, 2.24) is 34.1 Å². The quantitative estimate of drug-likeness (QED) is 0.145. The Morgan fingerprint density at radius 2 is 1.86 bits per heavy atom. The Bertz CT molecular complexity index is 1960. The lowest BCUT2D eigenvalue weighted by molar-refractivity contribution is 0.0866. The fourth-order valence-electron chi connectivity index (χ4n) is 4.26. The minimum atomic E-state index is -4.44. The topological polar surface area (TPSA) is 138 Å². The fraction of sp³-hybridized carbons (Fsp3) is 0.296. The number of pyridine rings is 1. The lowest BCUT2D eigenvalue weighted by Crippen LogP contribution is -2.22. The van der Waals surface area contributed by atoms with E-state index in [1.807, 2.05) is 0 Å². The van der Waals surface area contributed by atoms with Crippen LogP contribution >= 0.6 is 11.6 Å². The predicted octanol–water partition coefficient (Wildman–Crippen LogP) is 5.41. The van der Waals surface area contributed by atoms with Crippen molar-refractivity contribution in [2.75, 3.05) is 18.4 Å². The first-order chi connectivity index (χ1) is 20.8. The normalized spacial score (nSPS) is 12.2. The van der Waals surface area contributed by atoms with E-state index in [2.05, 4.69) is 49.5 Å². The van der Waals surface area contributed by atoms with Gasteiger partial charge in [-0.3, -0.25) is 14.3 Å². The molecule has 0 aliphatic carbocycles. The van der Waals surface area contributed by atoms with Crippen LogP contribution in [0.2, 0.25) is 30.7 Å². The Balaban J connectivity index is 1.46. The van der Waals surface area contributed by atoms with Gasteiger partial charge >= 0.3 is 0 Å². The van der Waals surface area contributed by atoms with Gasteiger partial charge in [-0.25, -0.2) is 27.2 Å². The second kappa shape index (κ2) is 12.2. The Labute approximate surface area is 258 Å². The zero-order chi connectivity index (χ0) is 31.8. The number of aromatic nitrogens is 7. The lowest BCUT2D eigenvalue weighted by Gasteiger charge is -2.16. The van der Waals surface area contributed by atoms with Crippen molar-refractivity contribution >= 4 is 40.9 Å². The van der Waals surface area contributed by atoms with Gasteiger partial charge in [-0.15, -0.1) is 10.2 Å². The molecule has 0 saturated carbocycles. The highest BCUT2D eigenvalue weighted by atomic mass is 35.5. The van der Waals surface area contributed by atoms with Gasteiger partial charge in [0.05, 0.1) is 40.8 Å². The zero-order valence-corrected chi connectivity index (χ0v) is 27.0. The van der Waals surface area contributed by atoms with Crippen molar-refractivity contribution in [3.8, 4) is 28.7 Å². The first-order valence-electron chi connectivity index (χ1n) is 13.3. The van der Waals surface area contributed by atoms with Crippen molar-refractivity contribution in [2.45, 2.75) is 44.2 Å². The fourth-order valence-corrected chi connectivity index (χ4v) is 6.45. The molecule has 0 fully saturated rings. The third kappa shape index (κ3) is 6.43. The molecule has 5 rings (SSSR count). The number of nitrogens with zero attached hydrogens (tertiary/aromatic N) is 7. The molecule has 5 aromatic rings. The van der Waals surface area contributed by atoms with Gasteiger partial charge in [0, 0.05) is 27.1 Å². The van der Waals surface area contributed by atoms with Crippen molar-refractivity contribution in [1.29, 1.82) is 0 Å². The summed E-state index contributed by atoms with van der Waals surface area (Å²) < 4.78 is 73.3. The largest absolute Gasteiger partial charge is 0.480 e. The minimum Gasteiger partial charge on any atom is -0.480 e. The molecule has 0 unspecified atom stereocenters. The van der Waals surface area contributed by atoms with E-state index >= 15 is 8.78 Å². The van der Waals surface area contributed by atoms with Crippen LogP contribution in [0.25, 0.3) is 28.3 Å². The molecule has 0 atom stereocenters. The molecule has 0 amide bonds. The van der Waals surface area contributed by atoms with Gasteiger partial charge in [0.2, 0.25) is 5.88 Å². The maximum absolute atomic E-state index is 15.7. The highest BCUT2D eigenvalue weighted by Gasteiger charge is 2.26. The summed E-state index contributed by atoms with van der Waals surface area (Å²) in [6.45, 7) is 9.46. The summed E-state index contributed by atoms with van der Waals surface area (Å²) in [5, 5.41) is 8.45. The molecule has 12 nitrogen and oxygen atoms in total. The maximum Gasteiger partial charge on any atom is 0.267 e. The predicted molar refractivity (Wildman–Crippen MR) is 163 cm³/mol. The summed E-state index contributed by atoms with van der Waals surface area (Å²) in [5.74, 6) is -1.30. The number of fused-ring (bicyclic) bond motifs is 1. The van der Waals surface area contributed by atoms with Crippen LogP contribution in [-0.2, 0) is 21.5 Å². The van der Waals surface area contributed by atoms with E-state index in [1.54, 1.807) is 11.5 Å². The highest BCUT2D eigenvalue weighted by Crippen LogP contribution is 2.33. The average molecular weight is 663 g/mol. The van der Waals surface area contributed by atoms with Crippen molar-refractivity contribution in [2.24, 2.45) is 0 Å². The average Bonchev–Trinajstić information content (AvgIpc) is 3.54. The van der Waals surface area contributed by atoms with Crippen molar-refractivity contribution < 1.29 is 26.7 Å². The molecular formula is C27H29ClF2N8O4SSi. The van der Waals surface area contributed by atoms with E-state index in [4.69, 9.17) is 21.1 Å². The molecule has 4 aromatic heterocycles. The SMILES string of the molecule is COc1ncc(Cl)cc1S(=O)(=O)Nc1ccc(F)c(-c2cn3cnc(-c4nnc(C)n4COCC[Si](C)(C)C)c3cn2)c1F. The smallest absolute Gasteiger partial charge is 0.267 e. The second-order valence-electron chi connectivity index (χ2n) is 11.1. The molecule has 0 aliphatic heterocycles. The number of imidazole rings is 1. The number of sulfonamides is 1. The number of hydrogen-bond acceptors (Lipinski definition) is 9. The van der Waals surface area contributed by atoms with Crippen molar-refractivity contribution in [3.05, 3.63) is 65.6 Å². The number of aryl methyl sites for hydroxylation is 1. The second-order valence-corrected chi connectivity index (χ2v) is 18.8. The summed E-state index contributed by atoms with van der Waals surface area (Å²) in [6.07, 6.45) is 5.44. The Kier molecular flexibility index (Phi) is 8.70. The van der Waals surface area contributed by atoms with Crippen LogP contribution in [0.15, 0.2) is 48.0 Å². The molecule has 0 bridgehead atoms. The van der Waals surface area contributed by atoms with Gasteiger partial charge in [0.25, 0.3) is 10.0 Å². The molecule has 232 valence electrons. The number of nitrogens with one attached hydrogen (secondary N) is 1. The summed E-state index contributed by atoms with van der Waals surface area (Å²) in [6, 6.07) is 4.00. The molecule has 0 saturated heterocycles. The first kappa shape index (κ1) is 31.4. The Morgan fingerprint density at radius 1 is 1.09 bits per heavy atom. The number of methoxy groups -OCH3 is 1. The van der Waals surface area contributed by atoms with E-state index in [1.165, 1.54) is 36.4 Å². The van der Waals surface area contributed by atoms with Crippen LogP contribution in [0.4, 0.5) is 14.5 Å². The van der Waals surface area contributed by atoms with E-state index in [-0.39, 0.29) is 23.3 Å². The number of rotatable bonds is 11. The van der Waals surface area contributed by atoms with Gasteiger partial charge in [-0.1, -0.05) is 31.2 Å². The van der Waals surface area contributed by atoms with Crippen LogP contribution in [0.1, 0.15) is 5.82 Å². The summed E-state index contributed by atoms with van der Waals surface area (Å²) in [7, 11) is -4.47. The molecule has 0 aliphatic rings. The molecule has 4 heterocycles. The standard InChI is InChI=1S/C27H29ClF2N8O4SSi/c1-16-34-35-26(38(16)15-42-8-9-44(3,4)5)25-21-12-31-20(13-37(21)14-33-25)23-18(29)6-7-19(24(23)30)36-43(39,40)22-10-17(28)11-32-27(22)41-2/h6-7,10-14,36H,8-9,15H2,1-5H3. The molecule has 0 radical (unpaired) electrons. The number of ether oxygens (including phenoxy) is 2. The van der Waals surface area contributed by atoms with Crippen LogP contribution in [0, 0.1) is 18.6 Å². The monoisotopic (exact) mass is 662 g/mol. The van der Waals surface area contributed by atoms with Crippen LogP contribution in [0.3, 0.4) is 0 Å². The Morgan fingerprint density at radius 3 is 2.59 bits per heavy atom. The number of hydrogen-bond donors (Lipinski definition) is 1. The van der Waals surface area contributed by atoms with Gasteiger partial charge < -0.3 is 13.9 Å². The third-order valence-electron chi connectivity index (χ3n) is 6.64. The third-order valence-corrected chi connectivity index (χ3v) is 9.91. The van der Waals surface area contributed by atoms with Gasteiger partial charge in [-0.05, 0) is 31.2 Å². The molecule has 0 spiro atoms. The van der Waals surface area contributed by atoms with E-state index in [0.29, 0.717) is 29.5 Å². The summed E-state index contributed by atoms with van der Waals surface area (Å²) in [5.41, 5.74) is -0.220. The van der Waals surface area contributed by atoms with Crippen LogP contribution in [-0.4, -0.2) is 64.3 Å². The molecule has 1 N–H and O–H groups in total. The summed E-state index contributed by atoms with van der Waals surface area (Å²) >= 11 is 5.92. The zero-order valence-electron chi connectivity index (χ0n) is 24.5.